The predicted molar refractivity (Wildman–Crippen MR) is 71.0 cm³/mol. The number of H-pyrrole nitrogens is 1. The highest BCUT2D eigenvalue weighted by molar-refractivity contribution is 5.96. The van der Waals surface area contributed by atoms with Gasteiger partial charge in [0, 0.05) is 17.7 Å². The Balaban J connectivity index is 1.97. The molecule has 1 amide bonds. The number of para-hydroxylation sites is 1. The molecule has 0 spiro atoms. The van der Waals surface area contributed by atoms with Crippen molar-refractivity contribution in [2.24, 2.45) is 0 Å². The lowest BCUT2D eigenvalue weighted by atomic mass is 10.0. The third-order valence-electron chi connectivity index (χ3n) is 3.14. The Labute approximate surface area is 111 Å². The number of amides is 1. The van der Waals surface area contributed by atoms with Crippen LogP contribution >= 0.6 is 0 Å². The smallest absolute Gasteiger partial charge is 0.269 e. The lowest BCUT2D eigenvalue weighted by Gasteiger charge is -2.17. The summed E-state index contributed by atoms with van der Waals surface area (Å²) in [5.74, 6) is 0.681. The van der Waals surface area contributed by atoms with E-state index in [2.05, 4.69) is 15.5 Å². The van der Waals surface area contributed by atoms with Gasteiger partial charge >= 0.3 is 0 Å². The number of benzene rings is 1. The monoisotopic (exact) mass is 257 g/mol. The van der Waals surface area contributed by atoms with E-state index in [0.717, 1.165) is 29.0 Å². The summed E-state index contributed by atoms with van der Waals surface area (Å²) >= 11 is 0. The van der Waals surface area contributed by atoms with Gasteiger partial charge in [0.15, 0.2) is 0 Å². The van der Waals surface area contributed by atoms with Crippen LogP contribution in [0.25, 0.3) is 11.3 Å². The van der Waals surface area contributed by atoms with Crippen molar-refractivity contribution in [1.29, 1.82) is 0 Å². The quantitative estimate of drug-likeness (QED) is 0.885. The molecule has 2 heterocycles. The maximum absolute atomic E-state index is 12.0. The Morgan fingerprint density at radius 2 is 2.32 bits per heavy atom. The summed E-state index contributed by atoms with van der Waals surface area (Å²) in [5, 5.41) is 9.93. The Hall–Kier alpha value is -2.30. The fraction of sp³-hybridized carbons (Fsp3) is 0.286. The van der Waals surface area contributed by atoms with Crippen LogP contribution in [0.3, 0.4) is 0 Å². The second kappa shape index (κ2) is 4.76. The molecule has 0 atom stereocenters. The van der Waals surface area contributed by atoms with Crippen LogP contribution in [0.2, 0.25) is 0 Å². The van der Waals surface area contributed by atoms with Crippen LogP contribution in [0.15, 0.2) is 24.3 Å². The molecule has 3 rings (SSSR count). The number of nitrogens with one attached hydrogen (secondary N) is 2. The summed E-state index contributed by atoms with van der Waals surface area (Å²) in [4.78, 5) is 12.0. The minimum Gasteiger partial charge on any atom is -0.488 e. The second-order valence-corrected chi connectivity index (χ2v) is 4.47. The van der Waals surface area contributed by atoms with E-state index in [-0.39, 0.29) is 5.91 Å². The zero-order chi connectivity index (χ0) is 13.2. The third kappa shape index (κ3) is 1.97. The number of hydrogen-bond acceptors (Lipinski definition) is 3. The Morgan fingerprint density at radius 3 is 3.16 bits per heavy atom. The van der Waals surface area contributed by atoms with Gasteiger partial charge in [-0.15, -0.1) is 0 Å². The molecule has 5 nitrogen and oxygen atoms in total. The highest BCUT2D eigenvalue weighted by atomic mass is 16.5. The van der Waals surface area contributed by atoms with Crippen LogP contribution in [-0.4, -0.2) is 22.6 Å². The number of fused-ring (bicyclic) bond motifs is 3. The van der Waals surface area contributed by atoms with Gasteiger partial charge in [-0.2, -0.15) is 5.10 Å². The number of ether oxygens (including phenoxy) is 1. The van der Waals surface area contributed by atoms with E-state index in [1.165, 1.54) is 0 Å². The minimum atomic E-state index is -0.126. The van der Waals surface area contributed by atoms with Gasteiger partial charge in [0.05, 0.1) is 0 Å². The zero-order valence-corrected chi connectivity index (χ0v) is 10.7. The van der Waals surface area contributed by atoms with Crippen molar-refractivity contribution >= 4 is 5.91 Å². The van der Waals surface area contributed by atoms with E-state index in [9.17, 15) is 4.79 Å². The second-order valence-electron chi connectivity index (χ2n) is 4.47. The zero-order valence-electron chi connectivity index (χ0n) is 10.7. The maximum Gasteiger partial charge on any atom is 0.269 e. The molecule has 0 unspecified atom stereocenters. The van der Waals surface area contributed by atoms with Crippen LogP contribution < -0.4 is 10.1 Å². The van der Waals surface area contributed by atoms with Gasteiger partial charge in [-0.1, -0.05) is 19.1 Å². The predicted octanol–water partition coefficient (Wildman–Crippen LogP) is 2.11. The first kappa shape index (κ1) is 11.8. The highest BCUT2D eigenvalue weighted by Crippen LogP contribution is 2.36. The fourth-order valence-corrected chi connectivity index (χ4v) is 2.18. The van der Waals surface area contributed by atoms with Crippen LogP contribution in [-0.2, 0) is 6.61 Å². The molecule has 0 radical (unpaired) electrons. The van der Waals surface area contributed by atoms with Crippen molar-refractivity contribution in [2.45, 2.75) is 20.0 Å². The van der Waals surface area contributed by atoms with Gasteiger partial charge in [0.2, 0.25) is 0 Å². The molecule has 5 heteroatoms. The van der Waals surface area contributed by atoms with Crippen molar-refractivity contribution < 1.29 is 9.53 Å². The van der Waals surface area contributed by atoms with Crippen molar-refractivity contribution in [1.82, 2.24) is 15.5 Å². The minimum absolute atomic E-state index is 0.126. The Kier molecular flexibility index (Phi) is 2.95. The molecule has 0 saturated heterocycles. The molecule has 0 bridgehead atoms. The average molecular weight is 257 g/mol. The van der Waals surface area contributed by atoms with Crippen molar-refractivity contribution in [2.75, 3.05) is 6.54 Å². The van der Waals surface area contributed by atoms with E-state index in [1.54, 1.807) is 0 Å². The highest BCUT2D eigenvalue weighted by Gasteiger charge is 2.25. The molecule has 1 aromatic carbocycles. The molecule has 2 aromatic rings. The van der Waals surface area contributed by atoms with Crippen molar-refractivity contribution in [3.8, 4) is 17.0 Å². The summed E-state index contributed by atoms with van der Waals surface area (Å²) < 4.78 is 5.66. The SMILES string of the molecule is CCCNC(=O)c1[nH]nc2c1COc1ccccc1-2. The average Bonchev–Trinajstić information content (AvgIpc) is 2.89. The summed E-state index contributed by atoms with van der Waals surface area (Å²) in [6.45, 7) is 3.05. The van der Waals surface area contributed by atoms with E-state index >= 15 is 0 Å². The number of rotatable bonds is 3. The maximum atomic E-state index is 12.0. The summed E-state index contributed by atoms with van der Waals surface area (Å²) in [6.07, 6.45) is 0.904. The summed E-state index contributed by atoms with van der Waals surface area (Å²) in [6, 6.07) is 7.71. The van der Waals surface area contributed by atoms with Crippen LogP contribution in [0.4, 0.5) is 0 Å². The van der Waals surface area contributed by atoms with Crippen molar-refractivity contribution in [3.63, 3.8) is 0 Å². The van der Waals surface area contributed by atoms with Gasteiger partial charge in [-0.25, -0.2) is 0 Å². The summed E-state index contributed by atoms with van der Waals surface area (Å²) in [7, 11) is 0. The van der Waals surface area contributed by atoms with E-state index < -0.39 is 0 Å². The lowest BCUT2D eigenvalue weighted by Crippen LogP contribution is -2.25. The number of aromatic amines is 1. The molecule has 2 N–H and O–H groups in total. The standard InChI is InChI=1S/C14H15N3O2/c1-2-7-15-14(18)13-10-8-19-11-6-4-3-5-9(11)12(10)16-17-13/h3-6H,2,7-8H2,1H3,(H,15,18)(H,16,17). The van der Waals surface area contributed by atoms with Gasteiger partial charge in [-0.05, 0) is 18.6 Å². The first-order chi connectivity index (χ1) is 9.31. The molecule has 0 fully saturated rings. The first-order valence-electron chi connectivity index (χ1n) is 6.39. The van der Waals surface area contributed by atoms with Gasteiger partial charge < -0.3 is 10.1 Å². The Morgan fingerprint density at radius 1 is 1.47 bits per heavy atom. The van der Waals surface area contributed by atoms with E-state index in [0.29, 0.717) is 18.8 Å². The molecule has 19 heavy (non-hydrogen) atoms. The molecule has 1 aliphatic rings. The fourth-order valence-electron chi connectivity index (χ4n) is 2.18. The number of nitrogens with zero attached hydrogens (tertiary/aromatic N) is 1. The topological polar surface area (TPSA) is 67.0 Å². The normalized spacial score (nSPS) is 12.3. The molecule has 1 aliphatic heterocycles. The van der Waals surface area contributed by atoms with Crippen LogP contribution in [0, 0.1) is 0 Å². The molecular weight excluding hydrogens is 242 g/mol. The number of aromatic nitrogens is 2. The Bertz CT molecular complexity index is 619. The molecule has 98 valence electrons. The van der Waals surface area contributed by atoms with Crippen molar-refractivity contribution in [3.05, 3.63) is 35.5 Å². The van der Waals surface area contributed by atoms with E-state index in [4.69, 9.17) is 4.74 Å². The van der Waals surface area contributed by atoms with Gasteiger partial charge in [-0.3, -0.25) is 9.89 Å². The molecule has 0 aliphatic carbocycles. The van der Waals surface area contributed by atoms with Gasteiger partial charge in [0.25, 0.3) is 5.91 Å². The summed E-state index contributed by atoms with van der Waals surface area (Å²) in [5.41, 5.74) is 3.06. The number of carbonyl (C=O) groups excluding carboxylic acids is 1. The van der Waals surface area contributed by atoms with Crippen LogP contribution in [0.1, 0.15) is 29.4 Å². The number of carbonyl (C=O) groups is 1. The van der Waals surface area contributed by atoms with Crippen LogP contribution in [0.5, 0.6) is 5.75 Å². The lowest BCUT2D eigenvalue weighted by molar-refractivity contribution is 0.0946. The third-order valence-corrected chi connectivity index (χ3v) is 3.14. The first-order valence-corrected chi connectivity index (χ1v) is 6.39. The van der Waals surface area contributed by atoms with Gasteiger partial charge in [0.1, 0.15) is 23.7 Å². The molecule has 1 aromatic heterocycles. The molecule has 0 saturated carbocycles. The van der Waals surface area contributed by atoms with E-state index in [1.807, 2.05) is 31.2 Å². The molecular formula is C14H15N3O2. The number of hydrogen-bond donors (Lipinski definition) is 2. The largest absolute Gasteiger partial charge is 0.488 e.